The summed E-state index contributed by atoms with van der Waals surface area (Å²) in [6, 6.07) is 23.2. The molecule has 0 bridgehead atoms. The van der Waals surface area contributed by atoms with E-state index in [1.165, 1.54) is 0 Å². The molecule has 3 N–H and O–H groups in total. The second kappa shape index (κ2) is 16.3. The Hall–Kier alpha value is -3.22. The Balaban J connectivity index is 1.80. The van der Waals surface area contributed by atoms with Crippen LogP contribution in [0, 0.1) is 11.8 Å². The molecule has 222 valence electrons. The molecule has 0 heterocycles. The van der Waals surface area contributed by atoms with Crippen molar-refractivity contribution in [2.75, 3.05) is 0 Å². The van der Waals surface area contributed by atoms with Gasteiger partial charge >= 0.3 is 0 Å². The van der Waals surface area contributed by atoms with Gasteiger partial charge in [0.15, 0.2) is 0 Å². The zero-order valence-corrected chi connectivity index (χ0v) is 25.7. The average Bonchev–Trinajstić information content (AvgIpc) is 2.95. The Morgan fingerprint density at radius 2 is 1.37 bits per heavy atom. The first-order valence-corrected chi connectivity index (χ1v) is 15.1. The molecule has 3 aromatic rings. The molecule has 0 aromatic heterocycles. The molecule has 41 heavy (non-hydrogen) atoms. The number of ether oxygens (including phenoxy) is 1. The highest BCUT2D eigenvalue weighted by Crippen LogP contribution is 2.20. The number of fused-ring (bicyclic) bond motifs is 1. The van der Waals surface area contributed by atoms with E-state index in [0.717, 1.165) is 34.7 Å². The number of rotatable bonds is 16. The molecular weight excluding hydrogens is 510 g/mol. The Bertz CT molecular complexity index is 1220. The van der Waals surface area contributed by atoms with Crippen LogP contribution in [-0.2, 0) is 27.4 Å². The largest absolute Gasteiger partial charge is 0.359 e. The number of hydrogen-bond acceptors (Lipinski definition) is 4. The quantitative estimate of drug-likeness (QED) is 0.178. The maximum Gasteiger partial charge on any atom is 0.242 e. The van der Waals surface area contributed by atoms with Crippen LogP contribution < -0.4 is 16.0 Å². The maximum absolute atomic E-state index is 13.9. The van der Waals surface area contributed by atoms with Crippen LogP contribution in [0.3, 0.4) is 0 Å². The van der Waals surface area contributed by atoms with Gasteiger partial charge in [-0.15, -0.1) is 0 Å². The van der Waals surface area contributed by atoms with E-state index < -0.39 is 12.1 Å². The van der Waals surface area contributed by atoms with Gasteiger partial charge in [-0.2, -0.15) is 0 Å². The van der Waals surface area contributed by atoms with Crippen LogP contribution >= 0.6 is 0 Å². The Labute approximate surface area is 246 Å². The summed E-state index contributed by atoms with van der Waals surface area (Å²) in [5.74, 6) is 0.404. The van der Waals surface area contributed by atoms with Crippen molar-refractivity contribution in [2.45, 2.75) is 98.2 Å². The third-order valence-corrected chi connectivity index (χ3v) is 7.33. The molecule has 4 atom stereocenters. The van der Waals surface area contributed by atoms with Crippen LogP contribution in [0.15, 0.2) is 72.8 Å². The van der Waals surface area contributed by atoms with Crippen molar-refractivity contribution >= 4 is 22.6 Å². The zero-order valence-electron chi connectivity index (χ0n) is 25.7. The molecular formula is C35H49N3O3. The van der Waals surface area contributed by atoms with Gasteiger partial charge in [0.2, 0.25) is 11.8 Å². The molecule has 3 aromatic carbocycles. The number of nitrogens with one attached hydrogen (secondary N) is 3. The third-order valence-electron chi connectivity index (χ3n) is 7.33. The summed E-state index contributed by atoms with van der Waals surface area (Å²) in [7, 11) is 0. The molecule has 3 rings (SSSR count). The average molecular weight is 560 g/mol. The predicted octanol–water partition coefficient (Wildman–Crippen LogP) is 6.38. The highest BCUT2D eigenvalue weighted by Gasteiger charge is 2.29. The highest BCUT2D eigenvalue weighted by atomic mass is 16.5. The Kier molecular flexibility index (Phi) is 12.8. The van der Waals surface area contributed by atoms with Gasteiger partial charge in [-0.05, 0) is 66.3 Å². The molecule has 0 saturated heterocycles. The summed E-state index contributed by atoms with van der Waals surface area (Å²) >= 11 is 0. The minimum absolute atomic E-state index is 0.0880. The molecule has 0 radical (unpaired) electrons. The zero-order chi connectivity index (χ0) is 29.8. The summed E-state index contributed by atoms with van der Waals surface area (Å²) in [5, 5.41) is 12.0. The van der Waals surface area contributed by atoms with Crippen molar-refractivity contribution in [1.29, 1.82) is 0 Å². The molecule has 6 heteroatoms. The van der Waals surface area contributed by atoms with Crippen molar-refractivity contribution in [3.63, 3.8) is 0 Å². The second-order valence-electron chi connectivity index (χ2n) is 11.9. The number of hydrogen-bond donors (Lipinski definition) is 3. The van der Waals surface area contributed by atoms with Crippen LogP contribution in [0.2, 0.25) is 0 Å². The summed E-state index contributed by atoms with van der Waals surface area (Å²) in [6.07, 6.45) is 2.41. The molecule has 0 spiro atoms. The standard InChI is InChI=1S/C35H49N3O3/c1-7-30(20-24(2)3)37-34(39)32(21-25(4)5)38-35(40)33(36-26(6)41-23-27-14-9-8-10-15-27)22-29-18-13-17-28-16-11-12-19-31(28)29/h8-19,24-26,30,32-33,36H,7,20-23H2,1-6H3,(H,37,39)(H,38,40)/t26?,30-,32?,33+/m1/s1. The smallest absolute Gasteiger partial charge is 0.242 e. The van der Waals surface area contributed by atoms with Gasteiger partial charge in [0.1, 0.15) is 12.3 Å². The first-order valence-electron chi connectivity index (χ1n) is 15.1. The van der Waals surface area contributed by atoms with E-state index in [0.29, 0.717) is 25.4 Å². The monoisotopic (exact) mass is 559 g/mol. The van der Waals surface area contributed by atoms with Gasteiger partial charge in [-0.25, -0.2) is 0 Å². The normalized spacial score (nSPS) is 14.5. The van der Waals surface area contributed by atoms with E-state index in [9.17, 15) is 9.59 Å². The second-order valence-corrected chi connectivity index (χ2v) is 11.9. The number of benzene rings is 3. The van der Waals surface area contributed by atoms with Gasteiger partial charge < -0.3 is 15.4 Å². The minimum Gasteiger partial charge on any atom is -0.359 e. The maximum atomic E-state index is 13.9. The lowest BCUT2D eigenvalue weighted by molar-refractivity contribution is -0.131. The summed E-state index contributed by atoms with van der Waals surface area (Å²) in [5.41, 5.74) is 2.13. The minimum atomic E-state index is -0.610. The molecule has 6 nitrogen and oxygen atoms in total. The molecule has 0 aliphatic rings. The lowest BCUT2D eigenvalue weighted by atomic mass is 9.97. The van der Waals surface area contributed by atoms with E-state index in [1.807, 2.05) is 55.5 Å². The van der Waals surface area contributed by atoms with E-state index >= 15 is 0 Å². The van der Waals surface area contributed by atoms with Crippen molar-refractivity contribution in [3.8, 4) is 0 Å². The molecule has 0 aliphatic heterocycles. The Morgan fingerprint density at radius 3 is 2.05 bits per heavy atom. The molecule has 0 saturated carbocycles. The fourth-order valence-corrected chi connectivity index (χ4v) is 5.22. The lowest BCUT2D eigenvalue weighted by Crippen LogP contribution is -2.56. The SMILES string of the molecule is CC[C@H](CC(C)C)NC(=O)C(CC(C)C)NC(=O)[C@H](Cc1cccc2ccccc12)NC(C)OCc1ccccc1. The Morgan fingerprint density at radius 1 is 0.732 bits per heavy atom. The first-order chi connectivity index (χ1) is 19.7. The van der Waals surface area contributed by atoms with Crippen LogP contribution in [0.5, 0.6) is 0 Å². The topological polar surface area (TPSA) is 79.5 Å². The molecule has 0 aliphatic carbocycles. The van der Waals surface area contributed by atoms with E-state index in [2.05, 4.69) is 74.8 Å². The van der Waals surface area contributed by atoms with E-state index in [1.54, 1.807) is 0 Å². The highest BCUT2D eigenvalue weighted by molar-refractivity contribution is 5.91. The predicted molar refractivity (Wildman–Crippen MR) is 168 cm³/mol. The van der Waals surface area contributed by atoms with E-state index in [4.69, 9.17) is 4.74 Å². The first kappa shape index (κ1) is 32.3. The number of amides is 2. The van der Waals surface area contributed by atoms with Crippen molar-refractivity contribution in [1.82, 2.24) is 16.0 Å². The summed E-state index contributed by atoms with van der Waals surface area (Å²) in [6.45, 7) is 12.9. The van der Waals surface area contributed by atoms with Gasteiger partial charge in [0, 0.05) is 6.04 Å². The lowest BCUT2D eigenvalue weighted by Gasteiger charge is -2.28. The van der Waals surface area contributed by atoms with Crippen LogP contribution in [0.25, 0.3) is 10.8 Å². The van der Waals surface area contributed by atoms with E-state index in [-0.39, 0.29) is 30.0 Å². The van der Waals surface area contributed by atoms with Crippen molar-refractivity contribution < 1.29 is 14.3 Å². The number of carbonyl (C=O) groups excluding carboxylic acids is 2. The van der Waals surface area contributed by atoms with Crippen molar-refractivity contribution in [3.05, 3.63) is 83.9 Å². The summed E-state index contributed by atoms with van der Waals surface area (Å²) < 4.78 is 6.08. The van der Waals surface area contributed by atoms with Gasteiger partial charge in [0.05, 0.1) is 12.6 Å². The fraction of sp³-hybridized carbons (Fsp3) is 0.486. The van der Waals surface area contributed by atoms with Crippen LogP contribution in [0.4, 0.5) is 0 Å². The fourth-order valence-electron chi connectivity index (χ4n) is 5.22. The van der Waals surface area contributed by atoms with Gasteiger partial charge in [-0.1, -0.05) is 107 Å². The van der Waals surface area contributed by atoms with Crippen molar-refractivity contribution in [2.24, 2.45) is 11.8 Å². The third kappa shape index (κ3) is 10.6. The van der Waals surface area contributed by atoms with Crippen LogP contribution in [0.1, 0.15) is 71.9 Å². The molecule has 0 fully saturated rings. The summed E-state index contributed by atoms with van der Waals surface area (Å²) in [4.78, 5) is 27.3. The van der Waals surface area contributed by atoms with Gasteiger partial charge in [-0.3, -0.25) is 14.9 Å². The van der Waals surface area contributed by atoms with Crippen LogP contribution in [-0.4, -0.2) is 36.2 Å². The molecule has 2 unspecified atom stereocenters. The molecule has 2 amide bonds. The van der Waals surface area contributed by atoms with Gasteiger partial charge in [0.25, 0.3) is 0 Å². The number of carbonyl (C=O) groups is 2.